The Morgan fingerprint density at radius 2 is 1.86 bits per heavy atom. The predicted molar refractivity (Wildman–Crippen MR) is 141 cm³/mol. The molecule has 0 bridgehead atoms. The van der Waals surface area contributed by atoms with Crippen LogP contribution in [0.4, 0.5) is 9.18 Å². The second-order valence-corrected chi connectivity index (χ2v) is 10.3. The van der Waals surface area contributed by atoms with Gasteiger partial charge in [0.1, 0.15) is 12.4 Å². The van der Waals surface area contributed by atoms with Crippen LogP contribution in [-0.2, 0) is 17.9 Å². The summed E-state index contributed by atoms with van der Waals surface area (Å²) in [5.74, 6) is 1.15. The molecule has 0 aliphatic carbocycles. The van der Waals surface area contributed by atoms with E-state index in [4.69, 9.17) is 30.5 Å². The zero-order valence-corrected chi connectivity index (χ0v) is 22.4. The number of methoxy groups -OCH3 is 1. The highest BCUT2D eigenvalue weighted by atomic mass is 79.9. The molecule has 2 aliphatic rings. The Balaban J connectivity index is 1.34. The lowest BCUT2D eigenvalue weighted by Crippen LogP contribution is -2.27. The molecule has 0 unspecified atom stereocenters. The smallest absolute Gasteiger partial charge is 0.293 e. The molecule has 1 saturated heterocycles. The summed E-state index contributed by atoms with van der Waals surface area (Å²) in [7, 11) is 1.50. The number of carbonyl (C=O) groups is 2. The normalized spacial score (nSPS) is 15.6. The summed E-state index contributed by atoms with van der Waals surface area (Å²) in [6.07, 6.45) is 1.61. The minimum atomic E-state index is -0.435. The van der Waals surface area contributed by atoms with E-state index in [1.165, 1.54) is 19.2 Å². The van der Waals surface area contributed by atoms with Crippen LogP contribution in [-0.4, -0.2) is 29.9 Å². The van der Waals surface area contributed by atoms with Crippen LogP contribution in [0.25, 0.3) is 6.08 Å². The fraction of sp³-hybridized carbons (Fsp3) is 0.154. The van der Waals surface area contributed by atoms with E-state index < -0.39 is 11.1 Å². The van der Waals surface area contributed by atoms with Crippen LogP contribution in [0.15, 0.2) is 57.9 Å². The molecule has 0 aromatic heterocycles. The van der Waals surface area contributed by atoms with Gasteiger partial charge in [0.2, 0.25) is 6.79 Å². The van der Waals surface area contributed by atoms with Gasteiger partial charge in [-0.05, 0) is 80.8 Å². The minimum absolute atomic E-state index is 0.000654. The third kappa shape index (κ3) is 5.41. The highest BCUT2D eigenvalue weighted by Gasteiger charge is 2.36. The first kappa shape index (κ1) is 25.4. The highest BCUT2D eigenvalue weighted by Crippen LogP contribution is 2.41. The maximum absolute atomic E-state index is 13.2. The molecule has 11 heteroatoms. The number of ether oxygens (including phenoxy) is 4. The molecule has 2 amide bonds. The Labute approximate surface area is 229 Å². The van der Waals surface area contributed by atoms with Crippen molar-refractivity contribution >= 4 is 56.5 Å². The molecule has 2 aliphatic heterocycles. The third-order valence-electron chi connectivity index (χ3n) is 5.59. The van der Waals surface area contributed by atoms with Gasteiger partial charge in [-0.2, -0.15) is 0 Å². The zero-order chi connectivity index (χ0) is 26.1. The standard InChI is InChI=1S/C26H18BrClFNO6S/c1-33-22-7-15(6-18(27)24(22)34-12-14-2-4-17(29)5-3-14)8-23-25(31)30(26(32)37-23)11-16-9-20-21(10-19(16)28)36-13-35-20/h2-10H,11-13H2,1H3/b23-8-. The van der Waals surface area contributed by atoms with Crippen molar-refractivity contribution in [3.63, 3.8) is 0 Å². The van der Waals surface area contributed by atoms with Gasteiger partial charge in [-0.3, -0.25) is 14.5 Å². The van der Waals surface area contributed by atoms with Crippen LogP contribution in [0.2, 0.25) is 5.02 Å². The van der Waals surface area contributed by atoms with Crippen LogP contribution in [0.1, 0.15) is 16.7 Å². The summed E-state index contributed by atoms with van der Waals surface area (Å²) in [6, 6.07) is 12.7. The first-order chi connectivity index (χ1) is 17.8. The van der Waals surface area contributed by atoms with E-state index in [-0.39, 0.29) is 30.7 Å². The molecule has 0 radical (unpaired) electrons. The van der Waals surface area contributed by atoms with Crippen molar-refractivity contribution in [3.05, 3.63) is 85.4 Å². The number of benzene rings is 3. The molecular formula is C26H18BrClFNO6S. The molecule has 2 heterocycles. The molecular weight excluding hydrogens is 589 g/mol. The van der Waals surface area contributed by atoms with Crippen molar-refractivity contribution in [2.24, 2.45) is 0 Å². The molecule has 1 fully saturated rings. The molecule has 3 aromatic rings. The third-order valence-corrected chi connectivity index (χ3v) is 7.44. The first-order valence-electron chi connectivity index (χ1n) is 10.9. The SMILES string of the molecule is COc1cc(/C=C2\SC(=O)N(Cc3cc4c(cc3Cl)OCO4)C2=O)cc(Br)c1OCc1ccc(F)cc1. The maximum Gasteiger partial charge on any atom is 0.293 e. The summed E-state index contributed by atoms with van der Waals surface area (Å²) >= 11 is 10.7. The number of nitrogens with zero attached hydrogens (tertiary/aromatic N) is 1. The number of hydrogen-bond acceptors (Lipinski definition) is 7. The largest absolute Gasteiger partial charge is 0.493 e. The number of rotatable bonds is 7. The van der Waals surface area contributed by atoms with Crippen LogP contribution < -0.4 is 18.9 Å². The second-order valence-electron chi connectivity index (χ2n) is 8.01. The Hall–Kier alpha value is -3.21. The van der Waals surface area contributed by atoms with E-state index in [9.17, 15) is 14.0 Å². The fourth-order valence-corrected chi connectivity index (χ4v) is 5.36. The van der Waals surface area contributed by atoms with Crippen LogP contribution in [0.3, 0.4) is 0 Å². The Kier molecular flexibility index (Phi) is 7.32. The summed E-state index contributed by atoms with van der Waals surface area (Å²) in [4.78, 5) is 27.1. The Morgan fingerprint density at radius 3 is 2.59 bits per heavy atom. The zero-order valence-electron chi connectivity index (χ0n) is 19.3. The van der Waals surface area contributed by atoms with E-state index in [0.717, 1.165) is 22.2 Å². The van der Waals surface area contributed by atoms with Gasteiger partial charge in [0.25, 0.3) is 11.1 Å². The molecule has 0 atom stereocenters. The van der Waals surface area contributed by atoms with Crippen LogP contribution in [0.5, 0.6) is 23.0 Å². The van der Waals surface area contributed by atoms with Crippen molar-refractivity contribution < 1.29 is 32.9 Å². The van der Waals surface area contributed by atoms with Crippen molar-refractivity contribution in [2.45, 2.75) is 13.2 Å². The van der Waals surface area contributed by atoms with Gasteiger partial charge in [-0.15, -0.1) is 0 Å². The molecule has 37 heavy (non-hydrogen) atoms. The van der Waals surface area contributed by atoms with Crippen LogP contribution in [0, 0.1) is 5.82 Å². The van der Waals surface area contributed by atoms with E-state index in [2.05, 4.69) is 15.9 Å². The number of halogens is 3. The molecule has 0 saturated carbocycles. The average molecular weight is 607 g/mol. The highest BCUT2D eigenvalue weighted by molar-refractivity contribution is 9.10. The van der Waals surface area contributed by atoms with Crippen molar-refractivity contribution in [2.75, 3.05) is 13.9 Å². The number of fused-ring (bicyclic) bond motifs is 1. The summed E-state index contributed by atoms with van der Waals surface area (Å²) in [5.41, 5.74) is 1.99. The van der Waals surface area contributed by atoms with Gasteiger partial charge < -0.3 is 18.9 Å². The van der Waals surface area contributed by atoms with Gasteiger partial charge >= 0.3 is 0 Å². The minimum Gasteiger partial charge on any atom is -0.493 e. The van der Waals surface area contributed by atoms with Crippen molar-refractivity contribution in [1.29, 1.82) is 0 Å². The monoisotopic (exact) mass is 605 g/mol. The number of carbonyl (C=O) groups excluding carboxylic acids is 2. The Morgan fingerprint density at radius 1 is 1.14 bits per heavy atom. The molecule has 0 spiro atoms. The second kappa shape index (κ2) is 10.6. The topological polar surface area (TPSA) is 74.3 Å². The molecule has 7 nitrogen and oxygen atoms in total. The number of amides is 2. The van der Waals surface area contributed by atoms with E-state index in [1.807, 2.05) is 0 Å². The van der Waals surface area contributed by atoms with E-state index in [0.29, 0.717) is 43.6 Å². The van der Waals surface area contributed by atoms with E-state index in [1.54, 1.807) is 42.5 Å². The lowest BCUT2D eigenvalue weighted by atomic mass is 10.1. The number of hydrogen-bond donors (Lipinski definition) is 0. The van der Waals surface area contributed by atoms with Gasteiger partial charge in [0.15, 0.2) is 23.0 Å². The lowest BCUT2D eigenvalue weighted by Gasteiger charge is -2.14. The summed E-state index contributed by atoms with van der Waals surface area (Å²) < 4.78 is 35.8. The molecule has 3 aromatic carbocycles. The predicted octanol–water partition coefficient (Wildman–Crippen LogP) is 6.79. The molecule has 190 valence electrons. The summed E-state index contributed by atoms with van der Waals surface area (Å²) in [6.45, 7) is 0.297. The number of imide groups is 1. The van der Waals surface area contributed by atoms with Crippen LogP contribution >= 0.6 is 39.3 Å². The van der Waals surface area contributed by atoms with Crippen molar-refractivity contribution in [3.8, 4) is 23.0 Å². The van der Waals surface area contributed by atoms with E-state index >= 15 is 0 Å². The quantitative estimate of drug-likeness (QED) is 0.274. The van der Waals surface area contributed by atoms with Gasteiger partial charge in [0, 0.05) is 11.1 Å². The number of thioether (sulfide) groups is 1. The molecule has 0 N–H and O–H groups in total. The maximum atomic E-state index is 13.2. The van der Waals surface area contributed by atoms with Gasteiger partial charge in [-0.25, -0.2) is 4.39 Å². The van der Waals surface area contributed by atoms with Crippen molar-refractivity contribution in [1.82, 2.24) is 4.90 Å². The van der Waals surface area contributed by atoms with Gasteiger partial charge in [0.05, 0.1) is 23.0 Å². The van der Waals surface area contributed by atoms with Gasteiger partial charge in [-0.1, -0.05) is 23.7 Å². The Bertz CT molecular complexity index is 1430. The molecule has 5 rings (SSSR count). The summed E-state index contributed by atoms with van der Waals surface area (Å²) in [5, 5.41) is -0.0348. The fourth-order valence-electron chi connectivity index (χ4n) is 3.74. The lowest BCUT2D eigenvalue weighted by molar-refractivity contribution is -0.123. The first-order valence-corrected chi connectivity index (χ1v) is 12.9. The average Bonchev–Trinajstić information content (AvgIpc) is 3.43.